The molecular formula is C18H28N4O3. The molecule has 0 radical (unpaired) electrons. The van der Waals surface area contributed by atoms with Gasteiger partial charge in [-0.1, -0.05) is 19.3 Å². The molecule has 2 fully saturated rings. The van der Waals surface area contributed by atoms with E-state index in [1.54, 1.807) is 18.3 Å². The third kappa shape index (κ3) is 5.16. The summed E-state index contributed by atoms with van der Waals surface area (Å²) in [6.45, 7) is 2.86. The zero-order valence-corrected chi connectivity index (χ0v) is 14.6. The van der Waals surface area contributed by atoms with E-state index in [2.05, 4.69) is 15.2 Å². The number of pyridine rings is 1. The van der Waals surface area contributed by atoms with E-state index in [4.69, 9.17) is 15.6 Å². The Balaban J connectivity index is 0.000000701. The van der Waals surface area contributed by atoms with Crippen LogP contribution >= 0.6 is 0 Å². The van der Waals surface area contributed by atoms with Crippen LogP contribution in [0.3, 0.4) is 0 Å². The van der Waals surface area contributed by atoms with Crippen molar-refractivity contribution >= 4 is 18.2 Å². The molecule has 138 valence electrons. The lowest BCUT2D eigenvalue weighted by atomic mass is 9.92. The summed E-state index contributed by atoms with van der Waals surface area (Å²) < 4.78 is 0. The summed E-state index contributed by atoms with van der Waals surface area (Å²) in [5.74, 6) is 0.396. The fourth-order valence-corrected chi connectivity index (χ4v) is 3.89. The van der Waals surface area contributed by atoms with Gasteiger partial charge in [-0.25, -0.2) is 4.98 Å². The van der Waals surface area contributed by atoms with Gasteiger partial charge in [0.15, 0.2) is 0 Å². The van der Waals surface area contributed by atoms with Gasteiger partial charge >= 0.3 is 0 Å². The molecule has 1 saturated carbocycles. The number of hydrogen-bond acceptors (Lipinski definition) is 5. The number of rotatable bonds is 4. The van der Waals surface area contributed by atoms with Crippen LogP contribution in [-0.2, 0) is 4.79 Å². The standard InChI is InChI=1S/C17H26N4O.CH2O2/c18-15-7-6-14(12-19-15)16(22)20-13-17(8-2-3-9-17)21-10-4-1-5-11-21;2-1-3/h6-7,12H,1-5,8-11,13H2,(H2,18,19)(H,20,22);1H,(H,2,3). The van der Waals surface area contributed by atoms with E-state index in [9.17, 15) is 4.79 Å². The van der Waals surface area contributed by atoms with Gasteiger partial charge in [0.1, 0.15) is 5.82 Å². The number of piperidine rings is 1. The predicted molar refractivity (Wildman–Crippen MR) is 96.3 cm³/mol. The van der Waals surface area contributed by atoms with Crippen molar-refractivity contribution in [1.82, 2.24) is 15.2 Å². The van der Waals surface area contributed by atoms with Crippen LogP contribution in [0.1, 0.15) is 55.3 Å². The molecular weight excluding hydrogens is 320 g/mol. The van der Waals surface area contributed by atoms with Gasteiger partial charge in [0.25, 0.3) is 12.4 Å². The van der Waals surface area contributed by atoms with Gasteiger partial charge in [-0.2, -0.15) is 0 Å². The summed E-state index contributed by atoms with van der Waals surface area (Å²) in [5.41, 5.74) is 6.33. The average Bonchev–Trinajstić information content (AvgIpc) is 3.12. The number of hydrogen-bond donors (Lipinski definition) is 3. The van der Waals surface area contributed by atoms with E-state index >= 15 is 0 Å². The van der Waals surface area contributed by atoms with Crippen molar-refractivity contribution in [3.63, 3.8) is 0 Å². The maximum absolute atomic E-state index is 12.3. The molecule has 4 N–H and O–H groups in total. The van der Waals surface area contributed by atoms with Gasteiger partial charge in [-0.3, -0.25) is 14.5 Å². The molecule has 1 amide bonds. The molecule has 0 atom stereocenters. The number of nitrogens with zero attached hydrogens (tertiary/aromatic N) is 2. The number of nitrogens with one attached hydrogen (secondary N) is 1. The summed E-state index contributed by atoms with van der Waals surface area (Å²) in [6.07, 6.45) is 10.4. The van der Waals surface area contributed by atoms with Crippen LogP contribution in [0, 0.1) is 0 Å². The Morgan fingerprint density at radius 3 is 2.44 bits per heavy atom. The number of aromatic nitrogens is 1. The SMILES string of the molecule is Nc1ccc(C(=O)NCC2(N3CCCCC3)CCCC2)cn1.O=CO. The van der Waals surface area contributed by atoms with E-state index < -0.39 is 0 Å². The van der Waals surface area contributed by atoms with Crippen molar-refractivity contribution in [1.29, 1.82) is 0 Å². The van der Waals surface area contributed by atoms with Crippen LogP contribution in [0.25, 0.3) is 0 Å². The molecule has 1 aliphatic carbocycles. The highest BCUT2D eigenvalue weighted by Gasteiger charge is 2.40. The Morgan fingerprint density at radius 2 is 1.88 bits per heavy atom. The third-order valence-corrected chi connectivity index (χ3v) is 5.19. The van der Waals surface area contributed by atoms with Crippen molar-refractivity contribution in [2.45, 2.75) is 50.5 Å². The van der Waals surface area contributed by atoms with Crippen molar-refractivity contribution in [3.05, 3.63) is 23.9 Å². The molecule has 2 heterocycles. The minimum Gasteiger partial charge on any atom is -0.483 e. The Labute approximate surface area is 148 Å². The lowest BCUT2D eigenvalue weighted by molar-refractivity contribution is -0.122. The average molecular weight is 348 g/mol. The molecule has 25 heavy (non-hydrogen) atoms. The highest BCUT2D eigenvalue weighted by Crippen LogP contribution is 2.36. The second-order valence-corrected chi connectivity index (χ2v) is 6.74. The Bertz CT molecular complexity index is 550. The molecule has 7 nitrogen and oxygen atoms in total. The van der Waals surface area contributed by atoms with Crippen molar-refractivity contribution in [3.8, 4) is 0 Å². The number of amides is 1. The Morgan fingerprint density at radius 1 is 1.24 bits per heavy atom. The third-order valence-electron chi connectivity index (χ3n) is 5.19. The number of anilines is 1. The molecule has 1 aliphatic heterocycles. The second-order valence-electron chi connectivity index (χ2n) is 6.74. The molecule has 1 aromatic rings. The number of carboxylic acid groups (broad SMARTS) is 1. The monoisotopic (exact) mass is 348 g/mol. The summed E-state index contributed by atoms with van der Waals surface area (Å²) in [7, 11) is 0. The molecule has 1 saturated heterocycles. The lowest BCUT2D eigenvalue weighted by Crippen LogP contribution is -2.55. The van der Waals surface area contributed by atoms with Crippen LogP contribution in [0.4, 0.5) is 5.82 Å². The first kappa shape index (κ1) is 19.2. The highest BCUT2D eigenvalue weighted by molar-refractivity contribution is 5.94. The molecule has 0 bridgehead atoms. The Kier molecular flexibility index (Phi) is 7.18. The summed E-state index contributed by atoms with van der Waals surface area (Å²) >= 11 is 0. The fourth-order valence-electron chi connectivity index (χ4n) is 3.89. The van der Waals surface area contributed by atoms with E-state index in [1.165, 1.54) is 58.0 Å². The largest absolute Gasteiger partial charge is 0.483 e. The van der Waals surface area contributed by atoms with E-state index in [1.807, 2.05) is 0 Å². The van der Waals surface area contributed by atoms with Gasteiger partial charge in [-0.05, 0) is 50.9 Å². The van der Waals surface area contributed by atoms with Crippen LogP contribution in [0.5, 0.6) is 0 Å². The smallest absolute Gasteiger partial charge is 0.290 e. The Hall–Kier alpha value is -2.15. The first-order chi connectivity index (χ1) is 12.1. The molecule has 0 spiro atoms. The molecule has 1 aromatic heterocycles. The van der Waals surface area contributed by atoms with Gasteiger partial charge in [0.05, 0.1) is 5.56 Å². The van der Waals surface area contributed by atoms with Gasteiger partial charge in [-0.15, -0.1) is 0 Å². The quantitative estimate of drug-likeness (QED) is 0.717. The minimum atomic E-state index is -0.250. The maximum Gasteiger partial charge on any atom is 0.290 e. The molecule has 0 unspecified atom stereocenters. The zero-order valence-electron chi connectivity index (χ0n) is 14.6. The van der Waals surface area contributed by atoms with E-state index in [-0.39, 0.29) is 17.9 Å². The maximum atomic E-state index is 12.3. The van der Waals surface area contributed by atoms with E-state index in [0.717, 1.165) is 6.54 Å². The zero-order chi connectivity index (χ0) is 18.1. The first-order valence-electron chi connectivity index (χ1n) is 8.94. The fraction of sp³-hybridized carbons (Fsp3) is 0.611. The predicted octanol–water partition coefficient (Wildman–Crippen LogP) is 1.89. The number of carbonyl (C=O) groups excluding carboxylic acids is 1. The van der Waals surface area contributed by atoms with E-state index in [0.29, 0.717) is 11.4 Å². The summed E-state index contributed by atoms with van der Waals surface area (Å²) in [4.78, 5) is 27.3. The van der Waals surface area contributed by atoms with Gasteiger partial charge < -0.3 is 16.2 Å². The van der Waals surface area contributed by atoms with Crippen LogP contribution in [-0.4, -0.2) is 52.5 Å². The highest BCUT2D eigenvalue weighted by atomic mass is 16.3. The van der Waals surface area contributed by atoms with Crippen LogP contribution in [0.15, 0.2) is 18.3 Å². The molecule has 0 aromatic carbocycles. The van der Waals surface area contributed by atoms with Crippen LogP contribution < -0.4 is 11.1 Å². The molecule has 3 rings (SSSR count). The summed E-state index contributed by atoms with van der Waals surface area (Å²) in [5, 5.41) is 10.0. The van der Waals surface area contributed by atoms with Gasteiger partial charge in [0.2, 0.25) is 0 Å². The summed E-state index contributed by atoms with van der Waals surface area (Å²) in [6, 6.07) is 3.41. The lowest BCUT2D eigenvalue weighted by Gasteiger charge is -2.43. The first-order valence-corrected chi connectivity index (χ1v) is 8.94. The minimum absolute atomic E-state index is 0.0456. The normalized spacial score (nSPS) is 19.5. The topological polar surface area (TPSA) is 109 Å². The number of likely N-dealkylation sites (tertiary alicyclic amines) is 1. The van der Waals surface area contributed by atoms with Crippen molar-refractivity contribution in [2.75, 3.05) is 25.4 Å². The van der Waals surface area contributed by atoms with Crippen molar-refractivity contribution in [2.24, 2.45) is 0 Å². The molecule has 2 aliphatic rings. The number of nitrogen functional groups attached to an aromatic ring is 1. The molecule has 7 heteroatoms. The van der Waals surface area contributed by atoms with Gasteiger partial charge in [0, 0.05) is 18.3 Å². The second kappa shape index (κ2) is 9.36. The number of carbonyl (C=O) groups is 2. The van der Waals surface area contributed by atoms with Crippen molar-refractivity contribution < 1.29 is 14.7 Å². The number of nitrogens with two attached hydrogens (primary N) is 1. The van der Waals surface area contributed by atoms with Crippen LogP contribution in [0.2, 0.25) is 0 Å².